The summed E-state index contributed by atoms with van der Waals surface area (Å²) < 4.78 is 11.3. The number of carboxylic acid groups (broad SMARTS) is 1. The van der Waals surface area contributed by atoms with Crippen LogP contribution < -0.4 is 9.47 Å². The molecule has 2 rings (SSSR count). The van der Waals surface area contributed by atoms with E-state index in [1.165, 1.54) is 14.0 Å². The van der Waals surface area contributed by atoms with Crippen molar-refractivity contribution >= 4 is 11.9 Å². The van der Waals surface area contributed by atoms with Gasteiger partial charge in [0.05, 0.1) is 0 Å². The average molecular weight is 279 g/mol. The zero-order valence-corrected chi connectivity index (χ0v) is 11.6. The highest BCUT2D eigenvalue weighted by molar-refractivity contribution is 5.87. The second-order valence-corrected chi connectivity index (χ2v) is 4.77. The largest absolute Gasteiger partial charge is 0.482 e. The van der Waals surface area contributed by atoms with Gasteiger partial charge in [0.1, 0.15) is 12.1 Å². The number of carboxylic acids is 1. The van der Waals surface area contributed by atoms with Crippen molar-refractivity contribution in [2.75, 3.05) is 7.05 Å². The molecule has 108 valence electrons. The number of amides is 1. The van der Waals surface area contributed by atoms with Crippen LogP contribution in [0.1, 0.15) is 13.8 Å². The van der Waals surface area contributed by atoms with Crippen LogP contribution in [0.2, 0.25) is 0 Å². The molecule has 0 spiro atoms. The number of carbonyl (C=O) groups is 2. The Labute approximate surface area is 116 Å². The number of hydrogen-bond donors (Lipinski definition) is 1. The highest BCUT2D eigenvalue weighted by Crippen LogP contribution is 2.33. The molecule has 0 bridgehead atoms. The van der Waals surface area contributed by atoms with E-state index in [0.29, 0.717) is 11.5 Å². The summed E-state index contributed by atoms with van der Waals surface area (Å²) in [5.74, 6) is -0.411. The van der Waals surface area contributed by atoms with Gasteiger partial charge in [0.2, 0.25) is 6.10 Å². The monoisotopic (exact) mass is 279 g/mol. The molecule has 0 fully saturated rings. The molecule has 1 aliphatic rings. The smallest absolute Gasteiger partial charge is 0.326 e. The lowest BCUT2D eigenvalue weighted by molar-refractivity contribution is -0.154. The van der Waals surface area contributed by atoms with E-state index in [2.05, 4.69) is 0 Å². The summed E-state index contributed by atoms with van der Waals surface area (Å²) in [6.45, 7) is 3.17. The Bertz CT molecular complexity index is 530. The Kier molecular flexibility index (Phi) is 3.83. The lowest BCUT2D eigenvalue weighted by atomic mass is 10.1. The van der Waals surface area contributed by atoms with Crippen molar-refractivity contribution in [2.24, 2.45) is 0 Å². The summed E-state index contributed by atoms with van der Waals surface area (Å²) in [6.07, 6.45) is -1.34. The van der Waals surface area contributed by atoms with Gasteiger partial charge >= 0.3 is 5.97 Å². The van der Waals surface area contributed by atoms with E-state index >= 15 is 0 Å². The maximum atomic E-state index is 12.3. The summed E-state index contributed by atoms with van der Waals surface area (Å²) in [7, 11) is 1.44. The molecule has 0 aliphatic carbocycles. The van der Waals surface area contributed by atoms with Crippen LogP contribution in [0, 0.1) is 0 Å². The van der Waals surface area contributed by atoms with Crippen LogP contribution in [-0.2, 0) is 9.59 Å². The van der Waals surface area contributed by atoms with Gasteiger partial charge in [-0.2, -0.15) is 0 Å². The lowest BCUT2D eigenvalue weighted by Crippen LogP contribution is -2.53. The van der Waals surface area contributed by atoms with E-state index in [4.69, 9.17) is 14.6 Å². The topological polar surface area (TPSA) is 76.1 Å². The molecule has 0 saturated carbocycles. The predicted molar refractivity (Wildman–Crippen MR) is 70.8 cm³/mol. The number of fused-ring (bicyclic) bond motifs is 1. The molecule has 0 aromatic heterocycles. The summed E-state index contributed by atoms with van der Waals surface area (Å²) >= 11 is 0. The van der Waals surface area contributed by atoms with Crippen molar-refractivity contribution in [1.29, 1.82) is 0 Å². The minimum atomic E-state index is -1.06. The number of ether oxygens (including phenoxy) is 2. The average Bonchev–Trinajstić information content (AvgIpc) is 2.44. The van der Waals surface area contributed by atoms with E-state index in [9.17, 15) is 9.59 Å². The first-order chi connectivity index (χ1) is 9.41. The standard InChI is InChI=1S/C14H17NO5/c1-8(14(17)18)15(3)13(16)12-9(2)19-10-6-4-5-7-11(10)20-12/h4-9,12H,1-3H3,(H,17,18). The number of para-hydroxylation sites is 2. The van der Waals surface area contributed by atoms with Crippen molar-refractivity contribution in [3.05, 3.63) is 24.3 Å². The fraction of sp³-hybridized carbons (Fsp3) is 0.429. The summed E-state index contributed by atoms with van der Waals surface area (Å²) in [5.41, 5.74) is 0. The first-order valence-electron chi connectivity index (χ1n) is 6.33. The first-order valence-corrected chi connectivity index (χ1v) is 6.33. The molecule has 1 heterocycles. The number of carbonyl (C=O) groups excluding carboxylic acids is 1. The van der Waals surface area contributed by atoms with Gasteiger partial charge in [-0.25, -0.2) is 4.79 Å². The van der Waals surface area contributed by atoms with Gasteiger partial charge in [0.15, 0.2) is 11.5 Å². The van der Waals surface area contributed by atoms with Gasteiger partial charge < -0.3 is 19.5 Å². The number of rotatable bonds is 3. The van der Waals surface area contributed by atoms with Gasteiger partial charge in [-0.3, -0.25) is 4.79 Å². The Hall–Kier alpha value is -2.24. The van der Waals surface area contributed by atoms with Gasteiger partial charge in [-0.05, 0) is 26.0 Å². The molecule has 1 N–H and O–H groups in total. The van der Waals surface area contributed by atoms with E-state index in [0.717, 1.165) is 4.90 Å². The van der Waals surface area contributed by atoms with Crippen LogP contribution in [0.4, 0.5) is 0 Å². The van der Waals surface area contributed by atoms with Crippen LogP contribution in [0.3, 0.4) is 0 Å². The minimum absolute atomic E-state index is 0.415. The second-order valence-electron chi connectivity index (χ2n) is 4.77. The lowest BCUT2D eigenvalue weighted by Gasteiger charge is -2.34. The summed E-state index contributed by atoms with van der Waals surface area (Å²) in [4.78, 5) is 24.4. The molecule has 3 unspecified atom stereocenters. The molecule has 20 heavy (non-hydrogen) atoms. The molecule has 0 radical (unpaired) electrons. The third-order valence-corrected chi connectivity index (χ3v) is 3.37. The third-order valence-electron chi connectivity index (χ3n) is 3.37. The third kappa shape index (κ3) is 2.54. The highest BCUT2D eigenvalue weighted by atomic mass is 16.6. The van der Waals surface area contributed by atoms with Crippen molar-refractivity contribution in [2.45, 2.75) is 32.1 Å². The van der Waals surface area contributed by atoms with Crippen LogP contribution in [0.25, 0.3) is 0 Å². The second kappa shape index (κ2) is 5.40. The Morgan fingerprint density at radius 1 is 1.25 bits per heavy atom. The van der Waals surface area contributed by atoms with Gasteiger partial charge in [-0.15, -0.1) is 0 Å². The quantitative estimate of drug-likeness (QED) is 0.898. The predicted octanol–water partition coefficient (Wildman–Crippen LogP) is 1.15. The van der Waals surface area contributed by atoms with Crippen molar-refractivity contribution in [3.63, 3.8) is 0 Å². The van der Waals surface area contributed by atoms with Gasteiger partial charge in [0.25, 0.3) is 5.91 Å². The molecular formula is C14H17NO5. The zero-order valence-electron chi connectivity index (χ0n) is 11.6. The Morgan fingerprint density at radius 3 is 2.35 bits per heavy atom. The molecule has 0 saturated heterocycles. The number of nitrogens with zero attached hydrogens (tertiary/aromatic N) is 1. The molecule has 6 nitrogen and oxygen atoms in total. The number of hydrogen-bond acceptors (Lipinski definition) is 4. The number of aliphatic carboxylic acids is 1. The maximum absolute atomic E-state index is 12.3. The number of benzene rings is 1. The molecule has 1 aromatic rings. The molecule has 1 aromatic carbocycles. The zero-order chi connectivity index (χ0) is 14.9. The van der Waals surface area contributed by atoms with Crippen LogP contribution in [0.5, 0.6) is 11.5 Å². The molecular weight excluding hydrogens is 262 g/mol. The SMILES string of the molecule is CC1Oc2ccccc2OC1C(=O)N(C)C(C)C(=O)O. The van der Waals surface area contributed by atoms with E-state index in [1.54, 1.807) is 25.1 Å². The molecule has 6 heteroatoms. The van der Waals surface area contributed by atoms with Crippen molar-refractivity contribution in [1.82, 2.24) is 4.90 Å². The Morgan fingerprint density at radius 2 is 1.80 bits per heavy atom. The molecule has 1 aliphatic heterocycles. The van der Waals surface area contributed by atoms with E-state index in [1.807, 2.05) is 6.07 Å². The van der Waals surface area contributed by atoms with Crippen LogP contribution in [-0.4, -0.2) is 47.2 Å². The van der Waals surface area contributed by atoms with Crippen molar-refractivity contribution in [3.8, 4) is 11.5 Å². The first kappa shape index (κ1) is 14.2. The van der Waals surface area contributed by atoms with Crippen molar-refractivity contribution < 1.29 is 24.2 Å². The number of likely N-dealkylation sites (N-methyl/N-ethyl adjacent to an activating group) is 1. The molecule has 3 atom stereocenters. The fourth-order valence-electron chi connectivity index (χ4n) is 1.95. The molecule has 1 amide bonds. The van der Waals surface area contributed by atoms with E-state index < -0.39 is 30.1 Å². The van der Waals surface area contributed by atoms with Gasteiger partial charge in [-0.1, -0.05) is 12.1 Å². The van der Waals surface area contributed by atoms with Crippen LogP contribution in [0.15, 0.2) is 24.3 Å². The fourth-order valence-corrected chi connectivity index (χ4v) is 1.95. The summed E-state index contributed by atoms with van der Waals surface area (Å²) in [6, 6.07) is 6.15. The maximum Gasteiger partial charge on any atom is 0.326 e. The Balaban J connectivity index is 2.17. The minimum Gasteiger partial charge on any atom is -0.482 e. The summed E-state index contributed by atoms with van der Waals surface area (Å²) in [5, 5.41) is 8.96. The van der Waals surface area contributed by atoms with Gasteiger partial charge in [0, 0.05) is 7.05 Å². The van der Waals surface area contributed by atoms with Crippen LogP contribution >= 0.6 is 0 Å². The highest BCUT2D eigenvalue weighted by Gasteiger charge is 2.37. The normalized spacial score (nSPS) is 21.9. The van der Waals surface area contributed by atoms with E-state index in [-0.39, 0.29) is 0 Å².